The van der Waals surface area contributed by atoms with Crippen molar-refractivity contribution in [1.82, 2.24) is 15.1 Å². The Morgan fingerprint density at radius 2 is 1.95 bits per heavy atom. The molecule has 0 aliphatic heterocycles. The van der Waals surface area contributed by atoms with E-state index in [0.717, 1.165) is 11.1 Å². The van der Waals surface area contributed by atoms with Gasteiger partial charge in [0.2, 0.25) is 0 Å². The summed E-state index contributed by atoms with van der Waals surface area (Å²) in [5.41, 5.74) is -0.746. The van der Waals surface area contributed by atoms with Crippen LogP contribution in [0.2, 0.25) is 0 Å². The van der Waals surface area contributed by atoms with Gasteiger partial charge in [0, 0.05) is 7.05 Å². The number of hydrogen-bond donors (Lipinski definition) is 2. The fourth-order valence-corrected chi connectivity index (χ4v) is 2.32. The van der Waals surface area contributed by atoms with Crippen LogP contribution in [-0.4, -0.2) is 32.3 Å². The fraction of sp³-hybridized carbons (Fsp3) is 0.538. The zero-order valence-corrected chi connectivity index (χ0v) is 11.7. The average molecular weight is 279 g/mol. The monoisotopic (exact) mass is 279 g/mol. The maximum Gasteiger partial charge on any atom is 0.329 e. The largest absolute Gasteiger partial charge is 0.480 e. The van der Waals surface area contributed by atoms with Crippen LogP contribution in [0.15, 0.2) is 4.79 Å². The molecule has 0 radical (unpaired) electrons. The van der Waals surface area contributed by atoms with Gasteiger partial charge in [-0.05, 0) is 38.7 Å². The van der Waals surface area contributed by atoms with E-state index in [2.05, 4.69) is 10.4 Å². The Balaban J connectivity index is 2.40. The van der Waals surface area contributed by atoms with Crippen molar-refractivity contribution in [1.29, 1.82) is 0 Å². The number of carbonyl (C=O) groups is 2. The first kappa shape index (κ1) is 14.2. The molecule has 108 valence electrons. The highest BCUT2D eigenvalue weighted by atomic mass is 16.4. The van der Waals surface area contributed by atoms with Crippen LogP contribution in [0, 0.1) is 13.8 Å². The van der Waals surface area contributed by atoms with Gasteiger partial charge in [-0.25, -0.2) is 9.48 Å². The number of carbonyl (C=O) groups excluding carboxylic acids is 1. The molecule has 0 atom stereocenters. The van der Waals surface area contributed by atoms with Gasteiger partial charge in [0.15, 0.2) is 0 Å². The van der Waals surface area contributed by atoms with Crippen LogP contribution in [0.1, 0.15) is 40.9 Å². The third kappa shape index (κ3) is 2.09. The van der Waals surface area contributed by atoms with Crippen molar-refractivity contribution in [2.24, 2.45) is 7.05 Å². The van der Waals surface area contributed by atoms with E-state index in [9.17, 15) is 19.5 Å². The lowest BCUT2D eigenvalue weighted by molar-refractivity contribution is -0.148. The summed E-state index contributed by atoms with van der Waals surface area (Å²) in [6.45, 7) is 3.33. The first-order valence-electron chi connectivity index (χ1n) is 6.39. The minimum Gasteiger partial charge on any atom is -0.480 e. The highest BCUT2D eigenvalue weighted by molar-refractivity contribution is 5.99. The molecular formula is C13H17N3O4. The first-order chi connectivity index (χ1) is 9.28. The lowest BCUT2D eigenvalue weighted by Gasteiger charge is -2.38. The van der Waals surface area contributed by atoms with Crippen LogP contribution in [0.3, 0.4) is 0 Å². The highest BCUT2D eigenvalue weighted by Gasteiger charge is 2.46. The van der Waals surface area contributed by atoms with Crippen molar-refractivity contribution in [3.8, 4) is 0 Å². The number of hydrogen-bond acceptors (Lipinski definition) is 4. The molecule has 20 heavy (non-hydrogen) atoms. The molecule has 0 bridgehead atoms. The summed E-state index contributed by atoms with van der Waals surface area (Å²) in [4.78, 5) is 35.6. The fourth-order valence-electron chi connectivity index (χ4n) is 2.32. The van der Waals surface area contributed by atoms with Gasteiger partial charge >= 0.3 is 5.97 Å². The van der Waals surface area contributed by atoms with Crippen LogP contribution in [-0.2, 0) is 11.8 Å². The Kier molecular flexibility index (Phi) is 3.37. The predicted octanol–water partition coefficient (Wildman–Crippen LogP) is 0.134. The zero-order valence-electron chi connectivity index (χ0n) is 11.7. The Morgan fingerprint density at radius 1 is 1.35 bits per heavy atom. The lowest BCUT2D eigenvalue weighted by Crippen LogP contribution is -2.59. The summed E-state index contributed by atoms with van der Waals surface area (Å²) in [5, 5.41) is 15.7. The van der Waals surface area contributed by atoms with Gasteiger partial charge in [-0.2, -0.15) is 5.10 Å². The van der Waals surface area contributed by atoms with Crippen molar-refractivity contribution >= 4 is 11.9 Å². The first-order valence-corrected chi connectivity index (χ1v) is 6.39. The van der Waals surface area contributed by atoms with E-state index in [0.29, 0.717) is 24.1 Å². The van der Waals surface area contributed by atoms with Crippen molar-refractivity contribution in [3.63, 3.8) is 0 Å². The number of nitrogens with one attached hydrogen (secondary N) is 1. The molecule has 2 N–H and O–H groups in total. The van der Waals surface area contributed by atoms with Crippen molar-refractivity contribution < 1.29 is 14.7 Å². The van der Waals surface area contributed by atoms with Gasteiger partial charge in [-0.1, -0.05) is 0 Å². The minimum absolute atomic E-state index is 0.0347. The van der Waals surface area contributed by atoms with Crippen LogP contribution >= 0.6 is 0 Å². The van der Waals surface area contributed by atoms with E-state index < -0.39 is 23.0 Å². The van der Waals surface area contributed by atoms with Gasteiger partial charge < -0.3 is 10.4 Å². The number of aromatic nitrogens is 2. The second-order valence-electron chi connectivity index (χ2n) is 5.21. The number of nitrogens with zero attached hydrogens (tertiary/aromatic N) is 2. The number of amides is 1. The van der Waals surface area contributed by atoms with E-state index in [4.69, 9.17) is 0 Å². The number of aliphatic carboxylic acids is 1. The number of rotatable bonds is 3. The van der Waals surface area contributed by atoms with Crippen molar-refractivity contribution in [3.05, 3.63) is 27.2 Å². The Hall–Kier alpha value is -2.18. The quantitative estimate of drug-likeness (QED) is 0.819. The van der Waals surface area contributed by atoms with E-state index >= 15 is 0 Å². The molecule has 1 aromatic rings. The second kappa shape index (κ2) is 4.73. The Bertz CT molecular complexity index is 644. The summed E-state index contributed by atoms with van der Waals surface area (Å²) >= 11 is 0. The molecule has 1 aromatic heterocycles. The minimum atomic E-state index is -1.23. The molecular weight excluding hydrogens is 262 g/mol. The predicted molar refractivity (Wildman–Crippen MR) is 70.6 cm³/mol. The third-order valence-electron chi connectivity index (χ3n) is 3.92. The number of aryl methyl sites for hydroxylation is 2. The summed E-state index contributed by atoms with van der Waals surface area (Å²) in [5.74, 6) is -1.70. The number of carboxylic acids is 1. The molecule has 0 spiro atoms. The van der Waals surface area contributed by atoms with Gasteiger partial charge in [0.05, 0.1) is 5.69 Å². The highest BCUT2D eigenvalue weighted by Crippen LogP contribution is 2.32. The molecule has 7 heteroatoms. The van der Waals surface area contributed by atoms with Gasteiger partial charge in [0.25, 0.3) is 11.5 Å². The molecule has 2 rings (SSSR count). The number of carboxylic acid groups (broad SMARTS) is 1. The topological polar surface area (TPSA) is 101 Å². The van der Waals surface area contributed by atoms with E-state index in [1.165, 1.54) is 7.05 Å². The molecule has 1 fully saturated rings. The Morgan fingerprint density at radius 3 is 2.40 bits per heavy atom. The second-order valence-corrected chi connectivity index (χ2v) is 5.21. The summed E-state index contributed by atoms with van der Waals surface area (Å²) < 4.78 is 1.09. The smallest absolute Gasteiger partial charge is 0.329 e. The molecule has 1 aliphatic carbocycles. The van der Waals surface area contributed by atoms with Crippen molar-refractivity contribution in [2.45, 2.75) is 38.6 Å². The molecule has 1 saturated carbocycles. The van der Waals surface area contributed by atoms with Crippen LogP contribution in [0.4, 0.5) is 0 Å². The maximum absolute atomic E-state index is 12.3. The summed E-state index contributed by atoms with van der Waals surface area (Å²) in [7, 11) is 1.46. The maximum atomic E-state index is 12.3. The average Bonchev–Trinajstić information content (AvgIpc) is 2.31. The summed E-state index contributed by atoms with van der Waals surface area (Å²) in [6.07, 6.45) is 1.52. The molecule has 7 nitrogen and oxygen atoms in total. The van der Waals surface area contributed by atoms with Crippen LogP contribution in [0.25, 0.3) is 0 Å². The molecule has 0 unspecified atom stereocenters. The van der Waals surface area contributed by atoms with Crippen LogP contribution in [0.5, 0.6) is 0 Å². The molecule has 1 amide bonds. The zero-order chi connectivity index (χ0) is 15.1. The molecule has 0 saturated heterocycles. The Labute approximate surface area is 115 Å². The summed E-state index contributed by atoms with van der Waals surface area (Å²) in [6, 6.07) is 0. The lowest BCUT2D eigenvalue weighted by atomic mass is 9.76. The van der Waals surface area contributed by atoms with Gasteiger partial charge in [-0.15, -0.1) is 0 Å². The van der Waals surface area contributed by atoms with E-state index in [1.807, 2.05) is 0 Å². The van der Waals surface area contributed by atoms with Crippen molar-refractivity contribution in [2.75, 3.05) is 0 Å². The van der Waals surface area contributed by atoms with E-state index in [1.54, 1.807) is 13.8 Å². The molecule has 0 aromatic carbocycles. The van der Waals surface area contributed by atoms with Crippen LogP contribution < -0.4 is 10.9 Å². The molecule has 1 heterocycles. The standard InChI is InChI=1S/C13H17N3O4/c1-7-8(2)15-16(3)11(18)9(7)10(17)14-13(12(19)20)5-4-6-13/h4-6H2,1-3H3,(H,14,17)(H,19,20). The molecule has 1 aliphatic rings. The third-order valence-corrected chi connectivity index (χ3v) is 3.92. The van der Waals surface area contributed by atoms with E-state index in [-0.39, 0.29) is 5.56 Å². The van der Waals surface area contributed by atoms with Gasteiger partial charge in [0.1, 0.15) is 11.1 Å². The van der Waals surface area contributed by atoms with Gasteiger partial charge in [-0.3, -0.25) is 9.59 Å². The SMILES string of the molecule is Cc1nn(C)c(=O)c(C(=O)NC2(C(=O)O)CCC2)c1C. The normalized spacial score (nSPS) is 16.4.